The first kappa shape index (κ1) is 15.0. The molecule has 4 heteroatoms. The number of carbonyl (C=O) groups excluding carboxylic acids is 1. The van der Waals surface area contributed by atoms with Crippen LogP contribution in [0, 0.1) is 11.7 Å². The number of amides is 1. The first-order chi connectivity index (χ1) is 9.50. The van der Waals surface area contributed by atoms with E-state index in [2.05, 4.69) is 19.2 Å². The zero-order chi connectivity index (χ0) is 14.7. The van der Waals surface area contributed by atoms with Gasteiger partial charge in [0.2, 0.25) is 5.91 Å². The third kappa shape index (κ3) is 3.18. The second-order valence-corrected chi connectivity index (χ2v) is 5.93. The van der Waals surface area contributed by atoms with Gasteiger partial charge >= 0.3 is 0 Å². The molecule has 0 saturated carbocycles. The Morgan fingerprint density at radius 2 is 2.00 bits per heavy atom. The molecule has 1 heterocycles. The number of carbonyl (C=O) groups is 1. The summed E-state index contributed by atoms with van der Waals surface area (Å²) < 4.78 is 13.9. The number of halogens is 1. The van der Waals surface area contributed by atoms with E-state index in [4.69, 9.17) is 0 Å². The Bertz CT molecular complexity index is 475. The highest BCUT2D eigenvalue weighted by Gasteiger charge is 2.35. The number of rotatable bonds is 5. The zero-order valence-corrected chi connectivity index (χ0v) is 12.4. The second-order valence-electron chi connectivity index (χ2n) is 5.93. The first-order valence-electron chi connectivity index (χ1n) is 7.29. The van der Waals surface area contributed by atoms with Crippen LogP contribution in [0.15, 0.2) is 24.3 Å². The molecule has 0 spiro atoms. The van der Waals surface area contributed by atoms with Crippen LogP contribution in [0.3, 0.4) is 0 Å². The lowest BCUT2D eigenvalue weighted by Gasteiger charge is -2.31. The molecule has 1 amide bonds. The molecule has 1 fully saturated rings. The molecular formula is C16H23FN2O. The molecule has 0 radical (unpaired) electrons. The maximum atomic E-state index is 13.9. The minimum atomic E-state index is -0.342. The van der Waals surface area contributed by atoms with E-state index < -0.39 is 0 Å². The van der Waals surface area contributed by atoms with Crippen molar-refractivity contribution in [2.24, 2.45) is 5.92 Å². The van der Waals surface area contributed by atoms with Crippen LogP contribution in [0.5, 0.6) is 0 Å². The fourth-order valence-corrected chi connectivity index (χ4v) is 2.69. The molecule has 1 aromatic carbocycles. The molecular weight excluding hydrogens is 255 g/mol. The highest BCUT2D eigenvalue weighted by molar-refractivity contribution is 5.81. The van der Waals surface area contributed by atoms with Gasteiger partial charge in [0.25, 0.3) is 0 Å². The second kappa shape index (κ2) is 6.35. The molecule has 1 aliphatic heterocycles. The predicted octanol–water partition coefficient (Wildman–Crippen LogP) is 3.08. The Balaban J connectivity index is 2.16. The van der Waals surface area contributed by atoms with Crippen molar-refractivity contribution in [1.29, 1.82) is 0 Å². The van der Waals surface area contributed by atoms with E-state index in [0.717, 1.165) is 12.8 Å². The fraction of sp³-hybridized carbons (Fsp3) is 0.562. The molecule has 2 unspecified atom stereocenters. The molecule has 1 aromatic rings. The maximum Gasteiger partial charge on any atom is 0.238 e. The maximum absolute atomic E-state index is 13.9. The molecule has 0 aliphatic carbocycles. The summed E-state index contributed by atoms with van der Waals surface area (Å²) in [4.78, 5) is 13.9. The Labute approximate surface area is 120 Å². The van der Waals surface area contributed by atoms with E-state index in [0.29, 0.717) is 11.5 Å². The van der Waals surface area contributed by atoms with E-state index in [1.54, 1.807) is 23.1 Å². The Morgan fingerprint density at radius 1 is 1.30 bits per heavy atom. The standard InChI is InChI=1S/C16H23FN2O/c1-11(2)8-9-12(3)19-15(20)10-18-16(19)13-6-4-5-7-14(13)17/h4-7,11-12,16,18H,8-10H2,1-3H3. The van der Waals surface area contributed by atoms with Crippen molar-refractivity contribution in [3.8, 4) is 0 Å². The third-order valence-electron chi connectivity index (χ3n) is 3.85. The fourth-order valence-electron chi connectivity index (χ4n) is 2.69. The third-order valence-corrected chi connectivity index (χ3v) is 3.85. The van der Waals surface area contributed by atoms with Crippen LogP contribution in [0.2, 0.25) is 0 Å². The van der Waals surface area contributed by atoms with Crippen molar-refractivity contribution >= 4 is 5.91 Å². The van der Waals surface area contributed by atoms with Crippen molar-refractivity contribution in [3.63, 3.8) is 0 Å². The lowest BCUT2D eigenvalue weighted by Crippen LogP contribution is -2.38. The van der Waals surface area contributed by atoms with Crippen molar-refractivity contribution in [3.05, 3.63) is 35.6 Å². The van der Waals surface area contributed by atoms with Gasteiger partial charge in [-0.25, -0.2) is 4.39 Å². The molecule has 1 aliphatic rings. The van der Waals surface area contributed by atoms with Gasteiger partial charge in [0.05, 0.1) is 6.54 Å². The van der Waals surface area contributed by atoms with Crippen molar-refractivity contribution in [1.82, 2.24) is 10.2 Å². The Morgan fingerprint density at radius 3 is 2.65 bits per heavy atom. The molecule has 0 aromatic heterocycles. The molecule has 0 bridgehead atoms. The molecule has 3 nitrogen and oxygen atoms in total. The number of nitrogens with one attached hydrogen (secondary N) is 1. The van der Waals surface area contributed by atoms with Crippen LogP contribution in [-0.2, 0) is 4.79 Å². The molecule has 20 heavy (non-hydrogen) atoms. The minimum Gasteiger partial charge on any atom is -0.319 e. The van der Waals surface area contributed by atoms with E-state index in [1.165, 1.54) is 6.07 Å². The summed E-state index contributed by atoms with van der Waals surface area (Å²) in [6, 6.07) is 6.77. The van der Waals surface area contributed by atoms with E-state index >= 15 is 0 Å². The van der Waals surface area contributed by atoms with Gasteiger partial charge in [-0.3, -0.25) is 10.1 Å². The quantitative estimate of drug-likeness (QED) is 0.897. The number of nitrogens with zero attached hydrogens (tertiary/aromatic N) is 1. The van der Waals surface area contributed by atoms with Crippen LogP contribution in [-0.4, -0.2) is 23.4 Å². The zero-order valence-electron chi connectivity index (χ0n) is 12.4. The lowest BCUT2D eigenvalue weighted by atomic mass is 10.0. The monoisotopic (exact) mass is 278 g/mol. The predicted molar refractivity (Wildman–Crippen MR) is 77.5 cm³/mol. The van der Waals surface area contributed by atoms with Crippen LogP contribution in [0.4, 0.5) is 4.39 Å². The summed E-state index contributed by atoms with van der Waals surface area (Å²) in [5.41, 5.74) is 0.551. The van der Waals surface area contributed by atoms with Gasteiger partial charge in [0.1, 0.15) is 12.0 Å². The Kier molecular flexibility index (Phi) is 4.76. The van der Waals surface area contributed by atoms with E-state index in [1.807, 2.05) is 6.92 Å². The van der Waals surface area contributed by atoms with Crippen molar-refractivity contribution in [2.75, 3.05) is 6.54 Å². The smallest absolute Gasteiger partial charge is 0.238 e. The molecule has 1 N–H and O–H groups in total. The topological polar surface area (TPSA) is 32.3 Å². The molecule has 1 saturated heterocycles. The average Bonchev–Trinajstić information content (AvgIpc) is 2.78. The molecule has 2 rings (SSSR count). The van der Waals surface area contributed by atoms with Gasteiger partial charge in [-0.05, 0) is 31.7 Å². The normalized spacial score (nSPS) is 20.8. The van der Waals surface area contributed by atoms with Gasteiger partial charge in [0.15, 0.2) is 0 Å². The van der Waals surface area contributed by atoms with Crippen LogP contribution in [0.25, 0.3) is 0 Å². The summed E-state index contributed by atoms with van der Waals surface area (Å²) in [6.07, 6.45) is 1.66. The van der Waals surface area contributed by atoms with Gasteiger partial charge in [-0.2, -0.15) is 0 Å². The minimum absolute atomic E-state index is 0.0505. The van der Waals surface area contributed by atoms with Crippen molar-refractivity contribution in [2.45, 2.75) is 45.8 Å². The lowest BCUT2D eigenvalue weighted by molar-refractivity contribution is -0.130. The molecule has 2 atom stereocenters. The van der Waals surface area contributed by atoms with Crippen LogP contribution < -0.4 is 5.32 Å². The summed E-state index contributed by atoms with van der Waals surface area (Å²) in [6.45, 7) is 6.67. The van der Waals surface area contributed by atoms with Gasteiger partial charge in [-0.15, -0.1) is 0 Å². The van der Waals surface area contributed by atoms with E-state index in [9.17, 15) is 9.18 Å². The van der Waals surface area contributed by atoms with Crippen LogP contribution in [0.1, 0.15) is 45.3 Å². The highest BCUT2D eigenvalue weighted by atomic mass is 19.1. The van der Waals surface area contributed by atoms with E-state index in [-0.39, 0.29) is 30.5 Å². The van der Waals surface area contributed by atoms with Gasteiger partial charge < -0.3 is 4.90 Å². The Hall–Kier alpha value is -1.42. The number of benzene rings is 1. The van der Waals surface area contributed by atoms with Gasteiger partial charge in [0, 0.05) is 11.6 Å². The summed E-state index contributed by atoms with van der Waals surface area (Å²) in [5, 5.41) is 3.12. The summed E-state index contributed by atoms with van der Waals surface area (Å²) >= 11 is 0. The summed E-state index contributed by atoms with van der Waals surface area (Å²) in [5.74, 6) is 0.394. The van der Waals surface area contributed by atoms with Gasteiger partial charge in [-0.1, -0.05) is 32.0 Å². The summed E-state index contributed by atoms with van der Waals surface area (Å²) in [7, 11) is 0. The number of hydrogen-bond acceptors (Lipinski definition) is 2. The number of hydrogen-bond donors (Lipinski definition) is 1. The van der Waals surface area contributed by atoms with Crippen LogP contribution >= 0.6 is 0 Å². The van der Waals surface area contributed by atoms with Crippen molar-refractivity contribution < 1.29 is 9.18 Å². The highest BCUT2D eigenvalue weighted by Crippen LogP contribution is 2.28. The SMILES string of the molecule is CC(C)CCC(C)N1C(=O)CNC1c1ccccc1F. The first-order valence-corrected chi connectivity index (χ1v) is 7.29. The average molecular weight is 278 g/mol. The largest absolute Gasteiger partial charge is 0.319 e. The molecule has 110 valence electrons.